The number of hydrogen-bond donors (Lipinski definition) is 8. The molecule has 0 unspecified atom stereocenters. The topological polar surface area (TPSA) is 262 Å². The number of hydrogen-bond acceptors (Lipinski definition) is 16. The van der Waals surface area contributed by atoms with Crippen LogP contribution in [-0.2, 0) is 38.1 Å². The van der Waals surface area contributed by atoms with Crippen LogP contribution < -0.4 is 5.32 Å². The van der Waals surface area contributed by atoms with E-state index in [0.717, 1.165) is 12.8 Å². The number of carbonyl (C=O) groups is 4. The zero-order valence-corrected chi connectivity index (χ0v) is 29.1. The fourth-order valence-corrected chi connectivity index (χ4v) is 5.69. The maximum atomic E-state index is 12.9. The zero-order valence-electron chi connectivity index (χ0n) is 29.1. The SMILES string of the molecule is CCNC(=O)CCCCCCC(=O)CN(CC(=O)CCCO[C@@H]1O[C@@H](C)[C@@H](O)[C@@H](O)[C@@H]1O)CC(=O)CCCO[C@H]1O[C@H](CO)[C@@H](O)[C@H](O)[C@H]1O. The first kappa shape index (κ1) is 44.2. The Bertz CT molecular complexity index is 1030. The van der Waals surface area contributed by atoms with E-state index in [-0.39, 0.29) is 88.2 Å². The van der Waals surface area contributed by atoms with Gasteiger partial charge in [0, 0.05) is 32.2 Å². The minimum Gasteiger partial charge on any atom is -0.394 e. The number of nitrogens with one attached hydrogen (secondary N) is 1. The summed E-state index contributed by atoms with van der Waals surface area (Å²) in [4.78, 5) is 51.6. The lowest BCUT2D eigenvalue weighted by molar-refractivity contribution is -0.301. The van der Waals surface area contributed by atoms with E-state index in [1.165, 1.54) is 11.8 Å². The number of carbonyl (C=O) groups excluding carboxylic acids is 4. The van der Waals surface area contributed by atoms with Crippen LogP contribution >= 0.6 is 0 Å². The highest BCUT2D eigenvalue weighted by Crippen LogP contribution is 2.23. The molecule has 0 spiro atoms. The summed E-state index contributed by atoms with van der Waals surface area (Å²) in [6, 6.07) is 0. The third-order valence-electron chi connectivity index (χ3n) is 8.60. The molecule has 2 aliphatic rings. The number of aliphatic hydroxyl groups is 7. The summed E-state index contributed by atoms with van der Waals surface area (Å²) in [5, 5.41) is 71.8. The van der Waals surface area contributed by atoms with Crippen molar-refractivity contribution in [3.05, 3.63) is 0 Å². The average molecular weight is 723 g/mol. The van der Waals surface area contributed by atoms with Crippen LogP contribution in [0.2, 0.25) is 0 Å². The Morgan fingerprint density at radius 3 is 1.58 bits per heavy atom. The molecule has 2 rings (SSSR count). The molecule has 290 valence electrons. The summed E-state index contributed by atoms with van der Waals surface area (Å²) in [6.45, 7) is 2.84. The summed E-state index contributed by atoms with van der Waals surface area (Å²) in [7, 11) is 0. The van der Waals surface area contributed by atoms with Crippen molar-refractivity contribution in [1.29, 1.82) is 0 Å². The third-order valence-corrected chi connectivity index (χ3v) is 8.60. The molecular formula is C33H58N2O15. The fraction of sp³-hybridized carbons (Fsp3) is 0.879. The van der Waals surface area contributed by atoms with Crippen LogP contribution in [0.5, 0.6) is 0 Å². The monoisotopic (exact) mass is 722 g/mol. The minimum atomic E-state index is -1.59. The van der Waals surface area contributed by atoms with Crippen molar-refractivity contribution in [2.75, 3.05) is 46.0 Å². The van der Waals surface area contributed by atoms with E-state index in [2.05, 4.69) is 5.32 Å². The molecule has 0 bridgehead atoms. The van der Waals surface area contributed by atoms with Crippen molar-refractivity contribution < 1.29 is 73.9 Å². The standard InChI is InChI=1S/C33H58N2O15/c1-3-34-25(40)13-7-5-4-6-10-21(37)16-35(17-22(38)11-8-14-47-32-30(45)28(43)26(41)20(2)49-32)18-23(39)12-9-15-48-33-31(46)29(44)27(42)24(19-36)50-33/h20,24,26-33,36,41-46H,3-19H2,1-2H3,(H,34,40)/t20-,24+,26+,27+,28+,29-,30-,31+,32+,33-/m0/s1. The highest BCUT2D eigenvalue weighted by Gasteiger charge is 2.44. The number of ether oxygens (including phenoxy) is 4. The maximum absolute atomic E-state index is 12.9. The molecule has 17 heteroatoms. The van der Waals surface area contributed by atoms with Crippen molar-refractivity contribution in [2.24, 2.45) is 0 Å². The van der Waals surface area contributed by atoms with Crippen LogP contribution in [0.4, 0.5) is 0 Å². The molecule has 0 saturated carbocycles. The Labute approximate surface area is 292 Å². The zero-order chi connectivity index (χ0) is 37.2. The number of unbranched alkanes of at least 4 members (excludes halogenated alkanes) is 3. The van der Waals surface area contributed by atoms with Gasteiger partial charge in [-0.1, -0.05) is 12.8 Å². The molecule has 0 aromatic heterocycles. The Hall–Kier alpha value is -2.00. The summed E-state index contributed by atoms with van der Waals surface area (Å²) < 4.78 is 21.6. The number of ketones is 3. The number of aliphatic hydroxyl groups excluding tert-OH is 7. The molecule has 2 heterocycles. The molecule has 2 aliphatic heterocycles. The first-order valence-corrected chi connectivity index (χ1v) is 17.6. The summed E-state index contributed by atoms with van der Waals surface area (Å²) in [5.41, 5.74) is 0. The molecule has 8 N–H and O–H groups in total. The smallest absolute Gasteiger partial charge is 0.219 e. The van der Waals surface area contributed by atoms with E-state index in [4.69, 9.17) is 18.9 Å². The lowest BCUT2D eigenvalue weighted by Gasteiger charge is -2.39. The van der Waals surface area contributed by atoms with Crippen LogP contribution in [-0.4, -0.2) is 171 Å². The highest BCUT2D eigenvalue weighted by molar-refractivity contribution is 5.86. The van der Waals surface area contributed by atoms with Crippen molar-refractivity contribution in [3.8, 4) is 0 Å². The lowest BCUT2D eigenvalue weighted by atomic mass is 9.99. The van der Waals surface area contributed by atoms with E-state index in [0.29, 0.717) is 25.8 Å². The molecule has 0 aromatic rings. The summed E-state index contributed by atoms with van der Waals surface area (Å²) >= 11 is 0. The van der Waals surface area contributed by atoms with E-state index >= 15 is 0 Å². The molecule has 50 heavy (non-hydrogen) atoms. The largest absolute Gasteiger partial charge is 0.394 e. The second-order valence-corrected chi connectivity index (χ2v) is 13.0. The lowest BCUT2D eigenvalue weighted by Crippen LogP contribution is -2.59. The Kier molecular flexibility index (Phi) is 20.8. The van der Waals surface area contributed by atoms with Gasteiger partial charge in [-0.05, 0) is 39.5 Å². The molecule has 17 nitrogen and oxygen atoms in total. The van der Waals surface area contributed by atoms with Gasteiger partial charge in [0.2, 0.25) is 5.91 Å². The number of nitrogens with zero attached hydrogens (tertiary/aromatic N) is 1. The average Bonchev–Trinajstić information content (AvgIpc) is 3.07. The first-order valence-electron chi connectivity index (χ1n) is 17.6. The van der Waals surface area contributed by atoms with Gasteiger partial charge in [0.15, 0.2) is 12.6 Å². The molecule has 0 radical (unpaired) electrons. The predicted octanol–water partition coefficient (Wildman–Crippen LogP) is -2.31. The van der Waals surface area contributed by atoms with Gasteiger partial charge in [0.25, 0.3) is 0 Å². The fourth-order valence-electron chi connectivity index (χ4n) is 5.69. The minimum absolute atomic E-state index is 0.00583. The predicted molar refractivity (Wildman–Crippen MR) is 174 cm³/mol. The quantitative estimate of drug-likeness (QED) is 0.0461. The van der Waals surface area contributed by atoms with Gasteiger partial charge < -0.3 is 60.0 Å². The Morgan fingerprint density at radius 2 is 1.08 bits per heavy atom. The van der Waals surface area contributed by atoms with Gasteiger partial charge >= 0.3 is 0 Å². The van der Waals surface area contributed by atoms with Crippen molar-refractivity contribution in [2.45, 2.75) is 139 Å². The van der Waals surface area contributed by atoms with Gasteiger partial charge in [-0.15, -0.1) is 0 Å². The Morgan fingerprint density at radius 1 is 0.620 bits per heavy atom. The summed E-state index contributed by atoms with van der Waals surface area (Å²) in [6.07, 6.45) is -9.21. The van der Waals surface area contributed by atoms with Gasteiger partial charge in [-0.2, -0.15) is 0 Å². The van der Waals surface area contributed by atoms with E-state index in [1.54, 1.807) is 0 Å². The van der Waals surface area contributed by atoms with Crippen molar-refractivity contribution in [1.82, 2.24) is 10.2 Å². The molecule has 1 amide bonds. The van der Waals surface area contributed by atoms with Gasteiger partial charge in [0.1, 0.15) is 60.1 Å². The normalized spacial score (nSPS) is 30.0. The van der Waals surface area contributed by atoms with Crippen LogP contribution in [0.15, 0.2) is 0 Å². The van der Waals surface area contributed by atoms with Gasteiger partial charge in [0.05, 0.1) is 45.6 Å². The number of rotatable bonds is 25. The first-order chi connectivity index (χ1) is 23.8. The van der Waals surface area contributed by atoms with Gasteiger partial charge in [-0.3, -0.25) is 24.1 Å². The van der Waals surface area contributed by atoms with Crippen LogP contribution in [0.1, 0.15) is 78.1 Å². The molecule has 2 fully saturated rings. The van der Waals surface area contributed by atoms with Crippen molar-refractivity contribution >= 4 is 23.3 Å². The van der Waals surface area contributed by atoms with Crippen LogP contribution in [0, 0.1) is 0 Å². The second kappa shape index (κ2) is 23.5. The summed E-state index contributed by atoms with van der Waals surface area (Å²) in [5.74, 6) is -0.662. The second-order valence-electron chi connectivity index (χ2n) is 13.0. The maximum Gasteiger partial charge on any atom is 0.219 e. The highest BCUT2D eigenvalue weighted by atomic mass is 16.7. The molecule has 0 aliphatic carbocycles. The van der Waals surface area contributed by atoms with E-state index < -0.39 is 68.0 Å². The number of amides is 1. The molecule has 10 atom stereocenters. The van der Waals surface area contributed by atoms with Crippen molar-refractivity contribution in [3.63, 3.8) is 0 Å². The van der Waals surface area contributed by atoms with E-state index in [9.17, 15) is 54.9 Å². The van der Waals surface area contributed by atoms with E-state index in [1.807, 2.05) is 6.92 Å². The Balaban J connectivity index is 1.82. The molecule has 0 aromatic carbocycles. The number of Topliss-reactive ketones (excluding diaryl/α,β-unsaturated/α-hetero) is 3. The van der Waals surface area contributed by atoms with Crippen LogP contribution in [0.25, 0.3) is 0 Å². The van der Waals surface area contributed by atoms with Crippen LogP contribution in [0.3, 0.4) is 0 Å². The van der Waals surface area contributed by atoms with Gasteiger partial charge in [-0.25, -0.2) is 0 Å². The molecule has 2 saturated heterocycles. The molecular weight excluding hydrogens is 664 g/mol. The third kappa shape index (κ3) is 15.3.